The number of hydrogen-bond donors (Lipinski definition) is 1. The molecule has 8 nitrogen and oxygen atoms in total. The van der Waals surface area contributed by atoms with Gasteiger partial charge in [-0.25, -0.2) is 17.1 Å². The van der Waals surface area contributed by atoms with Crippen molar-refractivity contribution >= 4 is 33.2 Å². The predicted molar refractivity (Wildman–Crippen MR) is 123 cm³/mol. The largest absolute Gasteiger partial charge is 0.358 e. The Balaban J connectivity index is 1.63. The van der Waals surface area contributed by atoms with E-state index in [1.54, 1.807) is 18.2 Å². The van der Waals surface area contributed by atoms with E-state index in [1.165, 1.54) is 43.3 Å². The highest BCUT2D eigenvalue weighted by molar-refractivity contribution is 7.89. The van der Waals surface area contributed by atoms with Crippen molar-refractivity contribution in [2.45, 2.75) is 36.7 Å². The van der Waals surface area contributed by atoms with Crippen LogP contribution >= 0.6 is 0 Å². The second kappa shape index (κ2) is 9.11. The number of carbonyl (C=O) groups excluding carboxylic acids is 2. The van der Waals surface area contributed by atoms with E-state index in [0.717, 1.165) is 22.8 Å². The van der Waals surface area contributed by atoms with Crippen molar-refractivity contribution in [2.24, 2.45) is 0 Å². The standard InChI is InChI=1S/C23H27FN4O4S/c1-26(2)33(31,32)18-9-10-19-21(13-18)28(23(30)20-8-3-4-11-27(19)20)15-22(29)25-14-16-6-5-7-17(24)12-16/h5-7,9-10,12-13,20H,3-4,8,11,14-15H2,1-2H3,(H,25,29). The number of benzene rings is 2. The van der Waals surface area contributed by atoms with Gasteiger partial charge in [0.1, 0.15) is 18.4 Å². The Hall–Kier alpha value is -2.98. The Morgan fingerprint density at radius 2 is 1.94 bits per heavy atom. The van der Waals surface area contributed by atoms with Crippen molar-refractivity contribution in [3.05, 3.63) is 53.8 Å². The molecular formula is C23H27FN4O4S. The van der Waals surface area contributed by atoms with E-state index in [-0.39, 0.29) is 29.9 Å². The lowest BCUT2D eigenvalue weighted by Gasteiger charge is -2.45. The lowest BCUT2D eigenvalue weighted by molar-refractivity contribution is -0.125. The van der Waals surface area contributed by atoms with Crippen molar-refractivity contribution in [3.8, 4) is 0 Å². The molecule has 0 radical (unpaired) electrons. The topological polar surface area (TPSA) is 90.0 Å². The Bertz CT molecular complexity index is 1180. The maximum Gasteiger partial charge on any atom is 0.250 e. The molecule has 1 saturated heterocycles. The highest BCUT2D eigenvalue weighted by Gasteiger charge is 2.40. The predicted octanol–water partition coefficient (Wildman–Crippen LogP) is 2.10. The first kappa shape index (κ1) is 23.2. The van der Waals surface area contributed by atoms with Gasteiger partial charge in [-0.1, -0.05) is 12.1 Å². The van der Waals surface area contributed by atoms with Crippen molar-refractivity contribution in [1.29, 1.82) is 0 Å². The lowest BCUT2D eigenvalue weighted by Crippen LogP contribution is -2.57. The van der Waals surface area contributed by atoms with Crippen LogP contribution in [-0.2, 0) is 26.2 Å². The summed E-state index contributed by atoms with van der Waals surface area (Å²) in [6.07, 6.45) is 2.53. The number of nitrogens with zero attached hydrogens (tertiary/aromatic N) is 3. The number of anilines is 2. The Labute approximate surface area is 193 Å². The third-order valence-electron chi connectivity index (χ3n) is 6.06. The Morgan fingerprint density at radius 1 is 1.15 bits per heavy atom. The number of rotatable bonds is 6. The summed E-state index contributed by atoms with van der Waals surface area (Å²) in [4.78, 5) is 29.5. The molecule has 10 heteroatoms. The minimum absolute atomic E-state index is 0.0553. The highest BCUT2D eigenvalue weighted by atomic mass is 32.2. The first-order valence-electron chi connectivity index (χ1n) is 10.8. The molecule has 0 aliphatic carbocycles. The number of sulfonamides is 1. The highest BCUT2D eigenvalue weighted by Crippen LogP contribution is 2.40. The normalized spacial score (nSPS) is 18.2. The van der Waals surface area contributed by atoms with Crippen LogP contribution < -0.4 is 15.1 Å². The molecular weight excluding hydrogens is 447 g/mol. The van der Waals surface area contributed by atoms with E-state index < -0.39 is 21.7 Å². The van der Waals surface area contributed by atoms with Gasteiger partial charge in [-0.05, 0) is 55.2 Å². The van der Waals surface area contributed by atoms with Crippen molar-refractivity contribution in [3.63, 3.8) is 0 Å². The summed E-state index contributed by atoms with van der Waals surface area (Å²) in [5.74, 6) is -1.03. The second-order valence-electron chi connectivity index (χ2n) is 8.47. The number of carbonyl (C=O) groups is 2. The fraction of sp³-hybridized carbons (Fsp3) is 0.391. The van der Waals surface area contributed by atoms with Gasteiger partial charge >= 0.3 is 0 Å². The van der Waals surface area contributed by atoms with Crippen LogP contribution in [0.25, 0.3) is 0 Å². The monoisotopic (exact) mass is 474 g/mol. The number of hydrogen-bond acceptors (Lipinski definition) is 5. The average Bonchev–Trinajstić information content (AvgIpc) is 2.80. The van der Waals surface area contributed by atoms with Crippen LogP contribution in [0.15, 0.2) is 47.4 Å². The molecule has 2 aliphatic rings. The molecule has 2 aliphatic heterocycles. The van der Waals surface area contributed by atoms with Gasteiger partial charge < -0.3 is 10.2 Å². The fourth-order valence-electron chi connectivity index (χ4n) is 4.32. The van der Waals surface area contributed by atoms with Crippen molar-refractivity contribution in [1.82, 2.24) is 9.62 Å². The van der Waals surface area contributed by atoms with Crippen LogP contribution in [0.2, 0.25) is 0 Å². The molecule has 33 heavy (non-hydrogen) atoms. The summed E-state index contributed by atoms with van der Waals surface area (Å²) in [6, 6.07) is 10.3. The molecule has 0 bridgehead atoms. The van der Waals surface area contributed by atoms with Crippen LogP contribution in [0, 0.1) is 5.82 Å². The summed E-state index contributed by atoms with van der Waals surface area (Å²) in [5.41, 5.74) is 1.75. The lowest BCUT2D eigenvalue weighted by atomic mass is 9.96. The van der Waals surface area contributed by atoms with Crippen LogP contribution in [0.3, 0.4) is 0 Å². The third-order valence-corrected chi connectivity index (χ3v) is 7.87. The summed E-state index contributed by atoms with van der Waals surface area (Å²) in [7, 11) is -0.833. The molecule has 1 atom stereocenters. The summed E-state index contributed by atoms with van der Waals surface area (Å²) < 4.78 is 39.9. The molecule has 2 aromatic rings. The van der Waals surface area contributed by atoms with Crippen LogP contribution in [0.5, 0.6) is 0 Å². The van der Waals surface area contributed by atoms with Crippen LogP contribution in [0.1, 0.15) is 24.8 Å². The van der Waals surface area contributed by atoms with Gasteiger partial charge in [0.15, 0.2) is 0 Å². The SMILES string of the molecule is CN(C)S(=O)(=O)c1ccc2c(c1)N(CC(=O)NCc1cccc(F)c1)C(=O)C1CCCCN21. The van der Waals surface area contributed by atoms with Gasteiger partial charge in [0.05, 0.1) is 16.3 Å². The maximum absolute atomic E-state index is 13.4. The third kappa shape index (κ3) is 4.58. The zero-order valence-electron chi connectivity index (χ0n) is 18.6. The number of nitrogens with one attached hydrogen (secondary N) is 1. The Kier molecular flexibility index (Phi) is 6.40. The molecule has 2 amide bonds. The van der Waals surface area contributed by atoms with E-state index in [0.29, 0.717) is 24.2 Å². The van der Waals surface area contributed by atoms with E-state index in [2.05, 4.69) is 5.32 Å². The quantitative estimate of drug-likeness (QED) is 0.693. The first-order chi connectivity index (χ1) is 15.7. The van der Waals surface area contributed by atoms with Gasteiger partial charge in [-0.3, -0.25) is 14.5 Å². The van der Waals surface area contributed by atoms with Gasteiger partial charge in [-0.2, -0.15) is 0 Å². The van der Waals surface area contributed by atoms with Crippen LogP contribution in [-0.4, -0.2) is 57.8 Å². The zero-order valence-corrected chi connectivity index (χ0v) is 19.4. The minimum atomic E-state index is -3.72. The molecule has 4 rings (SSSR count). The smallest absolute Gasteiger partial charge is 0.250 e. The molecule has 2 aromatic carbocycles. The van der Waals surface area contributed by atoms with E-state index in [1.807, 2.05) is 4.90 Å². The second-order valence-corrected chi connectivity index (χ2v) is 10.6. The summed E-state index contributed by atoms with van der Waals surface area (Å²) >= 11 is 0. The number of amides is 2. The maximum atomic E-state index is 13.4. The number of halogens is 1. The zero-order chi connectivity index (χ0) is 23.8. The van der Waals surface area contributed by atoms with Crippen molar-refractivity contribution in [2.75, 3.05) is 37.0 Å². The van der Waals surface area contributed by atoms with E-state index in [9.17, 15) is 22.4 Å². The Morgan fingerprint density at radius 3 is 2.67 bits per heavy atom. The molecule has 176 valence electrons. The van der Waals surface area contributed by atoms with E-state index in [4.69, 9.17) is 0 Å². The molecule has 1 fully saturated rings. The molecule has 1 N–H and O–H groups in total. The van der Waals surface area contributed by atoms with Crippen LogP contribution in [0.4, 0.5) is 15.8 Å². The van der Waals surface area contributed by atoms with Gasteiger partial charge in [0.25, 0.3) is 0 Å². The fourth-order valence-corrected chi connectivity index (χ4v) is 5.24. The first-order valence-corrected chi connectivity index (χ1v) is 12.3. The van der Waals surface area contributed by atoms with Gasteiger partial charge in [-0.15, -0.1) is 0 Å². The molecule has 2 heterocycles. The van der Waals surface area contributed by atoms with Gasteiger partial charge in [0, 0.05) is 27.2 Å². The summed E-state index contributed by atoms with van der Waals surface area (Å²) in [5, 5.41) is 2.72. The average molecular weight is 475 g/mol. The summed E-state index contributed by atoms with van der Waals surface area (Å²) in [6.45, 7) is 0.565. The molecule has 0 spiro atoms. The molecule has 1 unspecified atom stereocenters. The molecule has 0 saturated carbocycles. The van der Waals surface area contributed by atoms with E-state index >= 15 is 0 Å². The van der Waals surface area contributed by atoms with Crippen molar-refractivity contribution < 1.29 is 22.4 Å². The minimum Gasteiger partial charge on any atom is -0.358 e. The van der Waals surface area contributed by atoms with Gasteiger partial charge in [0.2, 0.25) is 21.8 Å². The molecule has 0 aromatic heterocycles. The number of fused-ring (bicyclic) bond motifs is 3. The number of piperidine rings is 1.